The number of benzene rings is 2. The molecule has 0 unspecified atom stereocenters. The topological polar surface area (TPSA) is 20.3 Å². The van der Waals surface area contributed by atoms with Crippen molar-refractivity contribution in [3.05, 3.63) is 71.5 Å². The molecule has 0 fully saturated rings. The Morgan fingerprint density at radius 1 is 1.06 bits per heavy atom. The fraction of sp³-hybridized carbons (Fsp3) is 0.133. The van der Waals surface area contributed by atoms with Crippen molar-refractivity contribution in [2.45, 2.75) is 6.54 Å². The molecule has 1 amide bonds. The number of rotatable bonds is 3. The second kappa shape index (κ2) is 5.45. The molecule has 0 radical (unpaired) electrons. The summed E-state index contributed by atoms with van der Waals surface area (Å²) in [5, 5.41) is 0. The lowest BCUT2D eigenvalue weighted by atomic mass is 10.1. The van der Waals surface area contributed by atoms with Crippen LogP contribution >= 0.6 is 0 Å². The van der Waals surface area contributed by atoms with Gasteiger partial charge < -0.3 is 4.90 Å². The summed E-state index contributed by atoms with van der Waals surface area (Å²) < 4.78 is 13.5. The molecule has 92 valence electrons. The van der Waals surface area contributed by atoms with Gasteiger partial charge in [0.1, 0.15) is 5.82 Å². The Labute approximate surface area is 106 Å². The van der Waals surface area contributed by atoms with Crippen LogP contribution in [-0.2, 0) is 6.54 Å². The lowest BCUT2D eigenvalue weighted by Gasteiger charge is -2.17. The van der Waals surface area contributed by atoms with E-state index in [-0.39, 0.29) is 18.3 Å². The van der Waals surface area contributed by atoms with E-state index in [1.165, 1.54) is 11.0 Å². The average molecular weight is 243 g/mol. The maximum atomic E-state index is 13.5. The lowest BCUT2D eigenvalue weighted by molar-refractivity contribution is 0.0784. The molecule has 2 aromatic rings. The summed E-state index contributed by atoms with van der Waals surface area (Å²) in [6, 6.07) is 15.5. The van der Waals surface area contributed by atoms with Crippen LogP contribution in [0.25, 0.3) is 0 Å². The van der Waals surface area contributed by atoms with Gasteiger partial charge in [-0.25, -0.2) is 4.39 Å². The first-order chi connectivity index (χ1) is 8.68. The van der Waals surface area contributed by atoms with Gasteiger partial charge in [0.05, 0.1) is 0 Å². The Balaban J connectivity index is 2.11. The number of hydrogen-bond donors (Lipinski definition) is 0. The van der Waals surface area contributed by atoms with Gasteiger partial charge >= 0.3 is 0 Å². The van der Waals surface area contributed by atoms with Crippen molar-refractivity contribution in [1.29, 1.82) is 0 Å². The number of carbonyl (C=O) groups excluding carboxylic acids is 1. The summed E-state index contributed by atoms with van der Waals surface area (Å²) in [4.78, 5) is 13.6. The molecule has 3 heteroatoms. The molecule has 0 aliphatic heterocycles. The van der Waals surface area contributed by atoms with E-state index >= 15 is 0 Å². The highest BCUT2D eigenvalue weighted by Crippen LogP contribution is 2.11. The largest absolute Gasteiger partial charge is 0.337 e. The van der Waals surface area contributed by atoms with Crippen molar-refractivity contribution >= 4 is 5.91 Å². The van der Waals surface area contributed by atoms with E-state index in [2.05, 4.69) is 0 Å². The van der Waals surface area contributed by atoms with E-state index in [4.69, 9.17) is 0 Å². The van der Waals surface area contributed by atoms with Crippen molar-refractivity contribution in [2.24, 2.45) is 0 Å². The van der Waals surface area contributed by atoms with Crippen molar-refractivity contribution in [3.8, 4) is 0 Å². The van der Waals surface area contributed by atoms with Gasteiger partial charge in [-0.15, -0.1) is 0 Å². The normalized spacial score (nSPS) is 10.1. The molecule has 0 aromatic heterocycles. The molecule has 0 saturated carbocycles. The molecule has 0 spiro atoms. The van der Waals surface area contributed by atoms with E-state index in [0.717, 1.165) is 0 Å². The molecular formula is C15H14FNO. The van der Waals surface area contributed by atoms with Crippen molar-refractivity contribution in [2.75, 3.05) is 7.05 Å². The summed E-state index contributed by atoms with van der Waals surface area (Å²) in [6.07, 6.45) is 0. The molecule has 2 rings (SSSR count). The Morgan fingerprint density at radius 3 is 2.33 bits per heavy atom. The Bertz CT molecular complexity index is 539. The summed E-state index contributed by atoms with van der Waals surface area (Å²) in [7, 11) is 1.67. The van der Waals surface area contributed by atoms with Crippen molar-refractivity contribution in [1.82, 2.24) is 4.90 Å². The average Bonchev–Trinajstić information content (AvgIpc) is 2.41. The maximum absolute atomic E-state index is 13.5. The van der Waals surface area contributed by atoms with E-state index in [9.17, 15) is 9.18 Å². The highest BCUT2D eigenvalue weighted by molar-refractivity contribution is 5.93. The van der Waals surface area contributed by atoms with Crippen LogP contribution in [0.4, 0.5) is 4.39 Å². The predicted octanol–water partition coefficient (Wildman–Crippen LogP) is 3.10. The fourth-order valence-corrected chi connectivity index (χ4v) is 1.76. The van der Waals surface area contributed by atoms with Gasteiger partial charge in [-0.1, -0.05) is 36.4 Å². The van der Waals surface area contributed by atoms with Gasteiger partial charge in [0.25, 0.3) is 5.91 Å². The first-order valence-corrected chi connectivity index (χ1v) is 5.72. The van der Waals surface area contributed by atoms with Gasteiger partial charge in [-0.05, 0) is 18.2 Å². The first-order valence-electron chi connectivity index (χ1n) is 5.72. The van der Waals surface area contributed by atoms with E-state index in [1.54, 1.807) is 37.4 Å². The molecule has 2 aromatic carbocycles. The van der Waals surface area contributed by atoms with Crippen LogP contribution in [0.2, 0.25) is 0 Å². The number of amides is 1. The van der Waals surface area contributed by atoms with Crippen LogP contribution in [0, 0.1) is 5.82 Å². The van der Waals surface area contributed by atoms with E-state index in [0.29, 0.717) is 11.1 Å². The van der Waals surface area contributed by atoms with E-state index in [1.807, 2.05) is 18.2 Å². The zero-order valence-electron chi connectivity index (χ0n) is 10.1. The Morgan fingerprint density at radius 2 is 1.67 bits per heavy atom. The lowest BCUT2D eigenvalue weighted by Crippen LogP contribution is -2.26. The summed E-state index contributed by atoms with van der Waals surface area (Å²) in [6.45, 7) is 0.264. The van der Waals surface area contributed by atoms with Crippen LogP contribution in [-0.4, -0.2) is 17.9 Å². The van der Waals surface area contributed by atoms with E-state index < -0.39 is 0 Å². The number of hydrogen-bond acceptors (Lipinski definition) is 1. The van der Waals surface area contributed by atoms with Crippen molar-refractivity contribution in [3.63, 3.8) is 0 Å². The van der Waals surface area contributed by atoms with Crippen LogP contribution in [0.1, 0.15) is 15.9 Å². The van der Waals surface area contributed by atoms with Gasteiger partial charge in [0.15, 0.2) is 0 Å². The molecule has 0 aliphatic rings. The predicted molar refractivity (Wildman–Crippen MR) is 68.6 cm³/mol. The molecular weight excluding hydrogens is 229 g/mol. The highest BCUT2D eigenvalue weighted by atomic mass is 19.1. The quantitative estimate of drug-likeness (QED) is 0.811. The minimum absolute atomic E-state index is 0.112. The third-order valence-electron chi connectivity index (χ3n) is 2.73. The van der Waals surface area contributed by atoms with Gasteiger partial charge in [-0.3, -0.25) is 4.79 Å². The summed E-state index contributed by atoms with van der Waals surface area (Å²) >= 11 is 0. The van der Waals surface area contributed by atoms with Gasteiger partial charge in [0, 0.05) is 24.7 Å². The Hall–Kier alpha value is -2.16. The monoisotopic (exact) mass is 243 g/mol. The fourth-order valence-electron chi connectivity index (χ4n) is 1.76. The maximum Gasteiger partial charge on any atom is 0.253 e. The molecule has 0 bridgehead atoms. The van der Waals surface area contributed by atoms with Crippen LogP contribution in [0.5, 0.6) is 0 Å². The van der Waals surface area contributed by atoms with Crippen LogP contribution < -0.4 is 0 Å². The molecule has 18 heavy (non-hydrogen) atoms. The third kappa shape index (κ3) is 2.74. The molecule has 0 saturated heterocycles. The number of halogens is 1. The summed E-state index contributed by atoms with van der Waals surface area (Å²) in [5.74, 6) is -0.399. The Kier molecular flexibility index (Phi) is 3.72. The number of carbonyl (C=O) groups is 1. The first kappa shape index (κ1) is 12.3. The molecule has 0 atom stereocenters. The second-order valence-corrected chi connectivity index (χ2v) is 4.12. The van der Waals surface area contributed by atoms with Gasteiger partial charge in [0.2, 0.25) is 0 Å². The summed E-state index contributed by atoms with van der Waals surface area (Å²) in [5.41, 5.74) is 1.13. The molecule has 0 heterocycles. The minimum atomic E-state index is -0.287. The van der Waals surface area contributed by atoms with Crippen LogP contribution in [0.3, 0.4) is 0 Å². The highest BCUT2D eigenvalue weighted by Gasteiger charge is 2.12. The van der Waals surface area contributed by atoms with Gasteiger partial charge in [-0.2, -0.15) is 0 Å². The standard InChI is InChI=1S/C15H14FNO/c1-17(11-13-9-5-6-10-14(13)16)15(18)12-7-3-2-4-8-12/h2-10H,11H2,1H3. The minimum Gasteiger partial charge on any atom is -0.337 e. The molecule has 0 aliphatic carbocycles. The molecule has 0 N–H and O–H groups in total. The third-order valence-corrected chi connectivity index (χ3v) is 2.73. The van der Waals surface area contributed by atoms with Crippen molar-refractivity contribution < 1.29 is 9.18 Å². The zero-order chi connectivity index (χ0) is 13.0. The zero-order valence-corrected chi connectivity index (χ0v) is 10.1. The number of nitrogens with zero attached hydrogens (tertiary/aromatic N) is 1. The SMILES string of the molecule is CN(Cc1ccccc1F)C(=O)c1ccccc1. The smallest absolute Gasteiger partial charge is 0.253 e. The molecule has 2 nitrogen and oxygen atoms in total. The van der Waals surface area contributed by atoms with Crippen LogP contribution in [0.15, 0.2) is 54.6 Å². The second-order valence-electron chi connectivity index (χ2n) is 4.12.